The molecule has 0 spiro atoms. The fourth-order valence-electron chi connectivity index (χ4n) is 2.14. The van der Waals surface area contributed by atoms with Crippen LogP contribution in [0.4, 0.5) is 0 Å². The number of amides is 1. The van der Waals surface area contributed by atoms with Crippen LogP contribution in [0.5, 0.6) is 0 Å². The highest BCUT2D eigenvalue weighted by molar-refractivity contribution is 6.04. The van der Waals surface area contributed by atoms with Crippen LogP contribution in [0.1, 0.15) is 62.5 Å². The summed E-state index contributed by atoms with van der Waals surface area (Å²) in [6.07, 6.45) is 5.86. The summed E-state index contributed by atoms with van der Waals surface area (Å²) in [5.74, 6) is 0.437. The van der Waals surface area contributed by atoms with Crippen molar-refractivity contribution in [1.29, 1.82) is 0 Å². The standard InChI is InChI=1S/C16H22N4O/c1-9(16(2,3)4)19-15(21)11-7-17-14-13(11)20-12(8-18-14)10-5-6-10/h7-10H,5-6H2,1-4H3,(H,17,18)(H,19,21). The Hall–Kier alpha value is -1.91. The monoisotopic (exact) mass is 286 g/mol. The van der Waals surface area contributed by atoms with Crippen molar-refractivity contribution in [3.63, 3.8) is 0 Å². The third-order valence-electron chi connectivity index (χ3n) is 4.29. The number of fused-ring (bicyclic) bond motifs is 1. The van der Waals surface area contributed by atoms with E-state index in [0.717, 1.165) is 5.69 Å². The third-order valence-corrected chi connectivity index (χ3v) is 4.29. The summed E-state index contributed by atoms with van der Waals surface area (Å²) in [5, 5.41) is 3.05. The van der Waals surface area contributed by atoms with Gasteiger partial charge in [-0.15, -0.1) is 0 Å². The lowest BCUT2D eigenvalue weighted by atomic mass is 9.88. The molecule has 1 atom stereocenters. The molecule has 0 saturated heterocycles. The predicted molar refractivity (Wildman–Crippen MR) is 82.2 cm³/mol. The molecule has 112 valence electrons. The quantitative estimate of drug-likeness (QED) is 0.911. The molecule has 0 radical (unpaired) electrons. The Morgan fingerprint density at radius 3 is 2.76 bits per heavy atom. The first-order valence-electron chi connectivity index (χ1n) is 7.51. The molecule has 2 N–H and O–H groups in total. The van der Waals surface area contributed by atoms with E-state index in [2.05, 4.69) is 41.0 Å². The molecular formula is C16H22N4O. The van der Waals surface area contributed by atoms with E-state index in [1.165, 1.54) is 12.8 Å². The number of carbonyl (C=O) groups excluding carboxylic acids is 1. The number of carbonyl (C=O) groups is 1. The second-order valence-corrected chi connectivity index (χ2v) is 7.03. The molecule has 2 heterocycles. The van der Waals surface area contributed by atoms with Crippen LogP contribution >= 0.6 is 0 Å². The van der Waals surface area contributed by atoms with Crippen LogP contribution < -0.4 is 5.32 Å². The Morgan fingerprint density at radius 2 is 2.14 bits per heavy atom. The van der Waals surface area contributed by atoms with Gasteiger partial charge in [0.1, 0.15) is 5.52 Å². The highest BCUT2D eigenvalue weighted by Crippen LogP contribution is 2.39. The zero-order valence-electron chi connectivity index (χ0n) is 13.0. The third kappa shape index (κ3) is 2.77. The maximum Gasteiger partial charge on any atom is 0.255 e. The number of rotatable bonds is 3. The molecule has 1 fully saturated rings. The SMILES string of the molecule is CC(NC(=O)c1c[nH]c2ncc(C3CC3)nc12)C(C)(C)C. The van der Waals surface area contributed by atoms with Gasteiger partial charge in [-0.2, -0.15) is 0 Å². The molecule has 1 aliphatic rings. The average Bonchev–Trinajstić information content (AvgIpc) is 3.16. The molecule has 0 aliphatic heterocycles. The number of nitrogens with one attached hydrogen (secondary N) is 2. The van der Waals surface area contributed by atoms with E-state index in [4.69, 9.17) is 0 Å². The summed E-state index contributed by atoms with van der Waals surface area (Å²) in [6.45, 7) is 8.35. The summed E-state index contributed by atoms with van der Waals surface area (Å²) >= 11 is 0. The summed E-state index contributed by atoms with van der Waals surface area (Å²) in [6, 6.07) is 0.0783. The molecule has 2 aromatic rings. The molecule has 1 saturated carbocycles. The second-order valence-electron chi connectivity index (χ2n) is 7.03. The Kier molecular flexibility index (Phi) is 3.23. The molecule has 1 aliphatic carbocycles. The lowest BCUT2D eigenvalue weighted by molar-refractivity contribution is 0.0911. The minimum Gasteiger partial charge on any atom is -0.349 e. The van der Waals surface area contributed by atoms with Crippen molar-refractivity contribution in [3.8, 4) is 0 Å². The van der Waals surface area contributed by atoms with Gasteiger partial charge in [-0.25, -0.2) is 9.97 Å². The van der Waals surface area contributed by atoms with E-state index in [1.807, 2.05) is 13.1 Å². The maximum absolute atomic E-state index is 12.5. The zero-order chi connectivity index (χ0) is 15.2. The van der Waals surface area contributed by atoms with Gasteiger partial charge >= 0.3 is 0 Å². The summed E-state index contributed by atoms with van der Waals surface area (Å²) in [7, 11) is 0. The van der Waals surface area contributed by atoms with Crippen molar-refractivity contribution in [3.05, 3.63) is 23.7 Å². The van der Waals surface area contributed by atoms with E-state index < -0.39 is 0 Å². The molecule has 1 amide bonds. The van der Waals surface area contributed by atoms with Crippen molar-refractivity contribution < 1.29 is 4.79 Å². The molecule has 5 heteroatoms. The van der Waals surface area contributed by atoms with Crippen molar-refractivity contribution in [2.24, 2.45) is 5.41 Å². The zero-order valence-corrected chi connectivity index (χ0v) is 13.0. The highest BCUT2D eigenvalue weighted by Gasteiger charge is 2.27. The molecule has 21 heavy (non-hydrogen) atoms. The van der Waals surface area contributed by atoms with Gasteiger partial charge in [0.15, 0.2) is 5.65 Å². The predicted octanol–water partition coefficient (Wildman–Crippen LogP) is 3.00. The Balaban J connectivity index is 1.89. The van der Waals surface area contributed by atoms with Gasteiger partial charge in [0.2, 0.25) is 0 Å². The Bertz CT molecular complexity index is 679. The Morgan fingerprint density at radius 1 is 1.43 bits per heavy atom. The van der Waals surface area contributed by atoms with Gasteiger partial charge in [-0.3, -0.25) is 4.79 Å². The minimum atomic E-state index is -0.0917. The number of H-pyrrole nitrogens is 1. The van der Waals surface area contributed by atoms with Gasteiger partial charge in [0.05, 0.1) is 17.5 Å². The number of nitrogens with zero attached hydrogens (tertiary/aromatic N) is 2. The van der Waals surface area contributed by atoms with Crippen LogP contribution in [0.25, 0.3) is 11.2 Å². The van der Waals surface area contributed by atoms with Crippen LogP contribution in [0.2, 0.25) is 0 Å². The number of hydrogen-bond acceptors (Lipinski definition) is 3. The van der Waals surface area contributed by atoms with Gasteiger partial charge < -0.3 is 10.3 Å². The second kappa shape index (κ2) is 4.83. The van der Waals surface area contributed by atoms with Crippen LogP contribution in [0.3, 0.4) is 0 Å². The van der Waals surface area contributed by atoms with Crippen LogP contribution in [0.15, 0.2) is 12.4 Å². The fourth-order valence-corrected chi connectivity index (χ4v) is 2.14. The first-order chi connectivity index (χ1) is 9.86. The summed E-state index contributed by atoms with van der Waals surface area (Å²) in [5.41, 5.74) is 2.95. The molecule has 3 rings (SSSR count). The van der Waals surface area contributed by atoms with Crippen LogP contribution in [0, 0.1) is 5.41 Å². The summed E-state index contributed by atoms with van der Waals surface area (Å²) in [4.78, 5) is 24.5. The summed E-state index contributed by atoms with van der Waals surface area (Å²) < 4.78 is 0. The van der Waals surface area contributed by atoms with Crippen LogP contribution in [-0.4, -0.2) is 26.9 Å². The van der Waals surface area contributed by atoms with Gasteiger partial charge in [0, 0.05) is 18.2 Å². The van der Waals surface area contributed by atoms with Crippen molar-refractivity contribution in [2.45, 2.75) is 52.5 Å². The molecule has 5 nitrogen and oxygen atoms in total. The van der Waals surface area contributed by atoms with E-state index in [9.17, 15) is 4.79 Å². The first kappa shape index (κ1) is 14.0. The van der Waals surface area contributed by atoms with Gasteiger partial charge in [-0.1, -0.05) is 20.8 Å². The van der Waals surface area contributed by atoms with E-state index in [0.29, 0.717) is 22.6 Å². The molecule has 0 aromatic carbocycles. The smallest absolute Gasteiger partial charge is 0.255 e. The highest BCUT2D eigenvalue weighted by atomic mass is 16.1. The molecule has 0 bridgehead atoms. The van der Waals surface area contributed by atoms with E-state index >= 15 is 0 Å². The maximum atomic E-state index is 12.5. The van der Waals surface area contributed by atoms with E-state index in [-0.39, 0.29) is 17.4 Å². The normalized spacial score (nSPS) is 17.0. The van der Waals surface area contributed by atoms with Gasteiger partial charge in [-0.05, 0) is 25.2 Å². The van der Waals surface area contributed by atoms with Crippen molar-refractivity contribution in [2.75, 3.05) is 0 Å². The number of hydrogen-bond donors (Lipinski definition) is 2. The lowest BCUT2D eigenvalue weighted by Gasteiger charge is -2.27. The van der Waals surface area contributed by atoms with Crippen molar-refractivity contribution in [1.82, 2.24) is 20.3 Å². The molecular weight excluding hydrogens is 264 g/mol. The molecule has 2 aromatic heterocycles. The van der Waals surface area contributed by atoms with Gasteiger partial charge in [0.25, 0.3) is 5.91 Å². The molecule has 1 unspecified atom stereocenters. The topological polar surface area (TPSA) is 70.7 Å². The first-order valence-corrected chi connectivity index (χ1v) is 7.51. The minimum absolute atomic E-state index is 0.0205. The largest absolute Gasteiger partial charge is 0.349 e. The lowest BCUT2D eigenvalue weighted by Crippen LogP contribution is -2.41. The van der Waals surface area contributed by atoms with Crippen molar-refractivity contribution >= 4 is 17.1 Å². The fraction of sp³-hybridized carbons (Fsp3) is 0.562. The number of aromatic nitrogens is 3. The Labute approximate surface area is 124 Å². The van der Waals surface area contributed by atoms with Crippen LogP contribution in [-0.2, 0) is 0 Å². The number of aromatic amines is 1. The average molecular weight is 286 g/mol. The van der Waals surface area contributed by atoms with E-state index in [1.54, 1.807) is 6.20 Å².